The molecular weight excluding hydrogens is 448 g/mol. The second-order valence-electron chi connectivity index (χ2n) is 8.49. The van der Waals surface area contributed by atoms with Crippen LogP contribution >= 0.6 is 0 Å². The van der Waals surface area contributed by atoms with Crippen molar-refractivity contribution in [3.63, 3.8) is 0 Å². The first-order valence-corrected chi connectivity index (χ1v) is 11.6. The number of carboxylic acids is 1. The van der Waals surface area contributed by atoms with Crippen LogP contribution in [-0.2, 0) is 16.6 Å². The molecule has 1 heterocycles. The fraction of sp³-hybridized carbons (Fsp3) is 0.308. The van der Waals surface area contributed by atoms with Gasteiger partial charge in [-0.1, -0.05) is 55.5 Å². The van der Waals surface area contributed by atoms with Gasteiger partial charge < -0.3 is 15.2 Å². The van der Waals surface area contributed by atoms with Crippen molar-refractivity contribution in [1.29, 1.82) is 0 Å². The predicted molar refractivity (Wildman–Crippen MR) is 130 cm³/mol. The van der Waals surface area contributed by atoms with Crippen LogP contribution in [0.4, 0.5) is 10.6 Å². The SMILES string of the molecule is CCC(CCC(=O)O)NC(=O)c1cnn(C)c1NC(=O)OCC1c2ccccc2-c2ccccc21. The van der Waals surface area contributed by atoms with E-state index >= 15 is 0 Å². The lowest BCUT2D eigenvalue weighted by Crippen LogP contribution is -2.35. The summed E-state index contributed by atoms with van der Waals surface area (Å²) < 4.78 is 6.97. The number of benzene rings is 2. The molecule has 2 amide bonds. The number of rotatable bonds is 9. The topological polar surface area (TPSA) is 123 Å². The average Bonchev–Trinajstić information content (AvgIpc) is 3.38. The van der Waals surface area contributed by atoms with E-state index in [0.717, 1.165) is 22.3 Å². The van der Waals surface area contributed by atoms with E-state index in [1.54, 1.807) is 7.05 Å². The molecule has 9 heteroatoms. The summed E-state index contributed by atoms with van der Waals surface area (Å²) in [6.07, 6.45) is 1.51. The molecule has 9 nitrogen and oxygen atoms in total. The molecule has 0 radical (unpaired) electrons. The highest BCUT2D eigenvalue weighted by atomic mass is 16.5. The van der Waals surface area contributed by atoms with Gasteiger partial charge in [-0.25, -0.2) is 4.79 Å². The molecule has 0 saturated heterocycles. The van der Waals surface area contributed by atoms with Crippen molar-refractivity contribution in [3.05, 3.63) is 71.4 Å². The number of carbonyl (C=O) groups is 3. The molecule has 4 rings (SSSR count). The molecule has 3 N–H and O–H groups in total. The van der Waals surface area contributed by atoms with Gasteiger partial charge in [-0.3, -0.25) is 19.6 Å². The first kappa shape index (κ1) is 24.0. The summed E-state index contributed by atoms with van der Waals surface area (Å²) >= 11 is 0. The number of anilines is 1. The van der Waals surface area contributed by atoms with Gasteiger partial charge in [0.1, 0.15) is 18.0 Å². The molecule has 0 fully saturated rings. The largest absolute Gasteiger partial charge is 0.481 e. The van der Waals surface area contributed by atoms with Gasteiger partial charge in [0.2, 0.25) is 0 Å². The van der Waals surface area contributed by atoms with Crippen molar-refractivity contribution in [2.45, 2.75) is 38.1 Å². The number of aliphatic carboxylic acids is 1. The number of nitrogens with zero attached hydrogens (tertiary/aromatic N) is 2. The quantitative estimate of drug-likeness (QED) is 0.426. The number of nitrogens with one attached hydrogen (secondary N) is 2. The van der Waals surface area contributed by atoms with Gasteiger partial charge >= 0.3 is 12.1 Å². The van der Waals surface area contributed by atoms with Crippen LogP contribution in [0.25, 0.3) is 11.1 Å². The minimum atomic E-state index is -0.920. The van der Waals surface area contributed by atoms with Crippen molar-refractivity contribution >= 4 is 23.8 Å². The van der Waals surface area contributed by atoms with Crippen molar-refractivity contribution < 1.29 is 24.2 Å². The number of aryl methyl sites for hydroxylation is 1. The van der Waals surface area contributed by atoms with Crippen molar-refractivity contribution in [1.82, 2.24) is 15.1 Å². The van der Waals surface area contributed by atoms with Crippen molar-refractivity contribution in [3.8, 4) is 11.1 Å². The van der Waals surface area contributed by atoms with E-state index in [0.29, 0.717) is 12.8 Å². The lowest BCUT2D eigenvalue weighted by molar-refractivity contribution is -0.137. The fourth-order valence-electron chi connectivity index (χ4n) is 4.42. The third-order valence-corrected chi connectivity index (χ3v) is 6.28. The standard InChI is InChI=1S/C26H28N4O5/c1-3-16(12-13-23(31)32)28-25(33)21-14-27-30(2)24(21)29-26(34)35-15-22-19-10-6-4-8-17(19)18-9-5-7-11-20(18)22/h4-11,14,16,22H,3,12-13,15H2,1-2H3,(H,28,33)(H,29,34)(H,31,32). The smallest absolute Gasteiger partial charge is 0.412 e. The number of hydrogen-bond acceptors (Lipinski definition) is 5. The van der Waals surface area contributed by atoms with Crippen molar-refractivity contribution in [2.75, 3.05) is 11.9 Å². The van der Waals surface area contributed by atoms with E-state index in [2.05, 4.69) is 27.9 Å². The molecular formula is C26H28N4O5. The molecule has 2 aromatic carbocycles. The zero-order valence-electron chi connectivity index (χ0n) is 19.7. The average molecular weight is 477 g/mol. The molecule has 1 unspecified atom stereocenters. The summed E-state index contributed by atoms with van der Waals surface area (Å²) in [6.45, 7) is 2.01. The van der Waals surface area contributed by atoms with Crippen LogP contribution < -0.4 is 10.6 Å². The lowest BCUT2D eigenvalue weighted by Gasteiger charge is -2.17. The molecule has 0 saturated carbocycles. The highest BCUT2D eigenvalue weighted by Crippen LogP contribution is 2.44. The maximum Gasteiger partial charge on any atom is 0.412 e. The molecule has 1 atom stereocenters. The zero-order valence-corrected chi connectivity index (χ0v) is 19.7. The van der Waals surface area contributed by atoms with Gasteiger partial charge in [-0.2, -0.15) is 5.10 Å². The predicted octanol–water partition coefficient (Wildman–Crippen LogP) is 4.15. The van der Waals surface area contributed by atoms with Crippen LogP contribution in [0.5, 0.6) is 0 Å². The molecule has 3 aromatic rings. The maximum atomic E-state index is 12.8. The minimum absolute atomic E-state index is 0.0450. The van der Waals surface area contributed by atoms with Gasteiger partial charge in [0.15, 0.2) is 0 Å². The summed E-state index contributed by atoms with van der Waals surface area (Å²) in [7, 11) is 1.61. The van der Waals surface area contributed by atoms with Crippen LogP contribution in [0.3, 0.4) is 0 Å². The number of amides is 2. The minimum Gasteiger partial charge on any atom is -0.481 e. The Morgan fingerprint density at radius 1 is 1.09 bits per heavy atom. The van der Waals surface area contributed by atoms with E-state index in [1.807, 2.05) is 43.3 Å². The molecule has 182 valence electrons. The molecule has 1 aliphatic carbocycles. The van der Waals surface area contributed by atoms with Crippen LogP contribution in [-0.4, -0.2) is 45.5 Å². The molecule has 0 aliphatic heterocycles. The third-order valence-electron chi connectivity index (χ3n) is 6.28. The van der Waals surface area contributed by atoms with E-state index in [4.69, 9.17) is 9.84 Å². The monoisotopic (exact) mass is 476 g/mol. The van der Waals surface area contributed by atoms with Crippen LogP contribution in [0.2, 0.25) is 0 Å². The van der Waals surface area contributed by atoms with Gasteiger partial charge in [0.25, 0.3) is 5.91 Å². The number of carbonyl (C=O) groups excluding carboxylic acids is 2. The molecule has 0 spiro atoms. The van der Waals surface area contributed by atoms with Gasteiger partial charge in [-0.15, -0.1) is 0 Å². The number of fused-ring (bicyclic) bond motifs is 3. The highest BCUT2D eigenvalue weighted by molar-refractivity contribution is 6.01. The third kappa shape index (κ3) is 5.18. The Hall–Kier alpha value is -4.14. The molecule has 0 bridgehead atoms. The zero-order chi connectivity index (χ0) is 24.9. The Morgan fingerprint density at radius 3 is 2.31 bits per heavy atom. The Bertz CT molecular complexity index is 1210. The molecule has 1 aromatic heterocycles. The summed E-state index contributed by atoms with van der Waals surface area (Å²) in [6, 6.07) is 15.8. The van der Waals surface area contributed by atoms with Crippen LogP contribution in [0.15, 0.2) is 54.7 Å². The summed E-state index contributed by atoms with van der Waals surface area (Å²) in [5.41, 5.74) is 4.66. The Labute approximate surface area is 203 Å². The number of carboxylic acid groups (broad SMARTS) is 1. The van der Waals surface area contributed by atoms with Gasteiger partial charge in [0.05, 0.1) is 6.20 Å². The Morgan fingerprint density at radius 2 is 1.71 bits per heavy atom. The molecule has 1 aliphatic rings. The first-order chi connectivity index (χ1) is 16.9. The summed E-state index contributed by atoms with van der Waals surface area (Å²) in [5.74, 6) is -1.24. The Balaban J connectivity index is 1.42. The Kier molecular flexibility index (Phi) is 7.14. The summed E-state index contributed by atoms with van der Waals surface area (Å²) in [5, 5.41) is 18.4. The second kappa shape index (κ2) is 10.4. The van der Waals surface area contributed by atoms with Gasteiger partial charge in [-0.05, 0) is 35.1 Å². The van der Waals surface area contributed by atoms with E-state index in [-0.39, 0.29) is 36.4 Å². The first-order valence-electron chi connectivity index (χ1n) is 11.6. The lowest BCUT2D eigenvalue weighted by atomic mass is 9.98. The summed E-state index contributed by atoms with van der Waals surface area (Å²) in [4.78, 5) is 36.4. The number of ether oxygens (including phenoxy) is 1. The highest BCUT2D eigenvalue weighted by Gasteiger charge is 2.29. The normalized spacial score (nSPS) is 13.0. The number of aromatic nitrogens is 2. The van der Waals surface area contributed by atoms with Gasteiger partial charge in [0, 0.05) is 25.4 Å². The van der Waals surface area contributed by atoms with Crippen molar-refractivity contribution in [2.24, 2.45) is 7.05 Å². The number of hydrogen-bond donors (Lipinski definition) is 3. The van der Waals surface area contributed by atoms with Crippen LogP contribution in [0, 0.1) is 0 Å². The maximum absolute atomic E-state index is 12.8. The molecule has 35 heavy (non-hydrogen) atoms. The van der Waals surface area contributed by atoms with E-state index < -0.39 is 18.0 Å². The second-order valence-corrected chi connectivity index (χ2v) is 8.49. The van der Waals surface area contributed by atoms with Crippen LogP contribution in [0.1, 0.15) is 53.6 Å². The van der Waals surface area contributed by atoms with E-state index in [9.17, 15) is 14.4 Å². The fourth-order valence-corrected chi connectivity index (χ4v) is 4.42. The van der Waals surface area contributed by atoms with E-state index in [1.165, 1.54) is 10.9 Å².